The van der Waals surface area contributed by atoms with E-state index >= 15 is 0 Å². The lowest BCUT2D eigenvalue weighted by Crippen LogP contribution is -2.41. The van der Waals surface area contributed by atoms with E-state index in [2.05, 4.69) is 0 Å². The second-order valence-corrected chi connectivity index (χ2v) is 6.79. The van der Waals surface area contributed by atoms with Crippen LogP contribution in [0.25, 0.3) is 0 Å². The van der Waals surface area contributed by atoms with E-state index in [1.54, 1.807) is 13.8 Å². The van der Waals surface area contributed by atoms with Gasteiger partial charge in [0.05, 0.1) is 17.6 Å². The van der Waals surface area contributed by atoms with Gasteiger partial charge in [0, 0.05) is 12.1 Å². The Morgan fingerprint density at radius 3 is 2.57 bits per heavy atom. The molecule has 0 aliphatic carbocycles. The molecule has 0 amide bonds. The predicted molar refractivity (Wildman–Crippen MR) is 55.9 cm³/mol. The standard InChI is InChI=1S/C9H19NO3S/c1-9(2,10)7-14(11,12)6-8-4-3-5-13-8/h8H,3-7,10H2,1-2H3. The van der Waals surface area contributed by atoms with Crippen molar-refractivity contribution in [2.24, 2.45) is 5.73 Å². The third-order valence-corrected chi connectivity index (χ3v) is 4.12. The van der Waals surface area contributed by atoms with Gasteiger partial charge in [-0.2, -0.15) is 0 Å². The Hall–Kier alpha value is -0.130. The van der Waals surface area contributed by atoms with E-state index in [0.29, 0.717) is 6.61 Å². The van der Waals surface area contributed by atoms with Crippen LogP contribution < -0.4 is 5.73 Å². The first-order chi connectivity index (χ1) is 6.29. The first-order valence-corrected chi connectivity index (χ1v) is 6.72. The van der Waals surface area contributed by atoms with E-state index in [1.165, 1.54) is 0 Å². The first kappa shape index (κ1) is 11.9. The summed E-state index contributed by atoms with van der Waals surface area (Å²) in [5.74, 6) is 0.146. The molecule has 4 nitrogen and oxygen atoms in total. The lowest BCUT2D eigenvalue weighted by Gasteiger charge is -2.19. The fourth-order valence-electron chi connectivity index (χ4n) is 1.68. The number of sulfone groups is 1. The minimum absolute atomic E-state index is 0.0276. The molecule has 1 aliphatic rings. The van der Waals surface area contributed by atoms with E-state index in [0.717, 1.165) is 12.8 Å². The van der Waals surface area contributed by atoms with E-state index in [-0.39, 0.29) is 17.6 Å². The molecule has 1 saturated heterocycles. The minimum Gasteiger partial charge on any atom is -0.377 e. The molecule has 1 unspecified atom stereocenters. The highest BCUT2D eigenvalue weighted by molar-refractivity contribution is 7.91. The SMILES string of the molecule is CC(C)(N)CS(=O)(=O)CC1CCCO1. The second kappa shape index (κ2) is 4.16. The summed E-state index contributed by atoms with van der Waals surface area (Å²) < 4.78 is 28.6. The minimum atomic E-state index is -3.07. The number of hydrogen-bond donors (Lipinski definition) is 1. The van der Waals surface area contributed by atoms with E-state index < -0.39 is 15.4 Å². The first-order valence-electron chi connectivity index (χ1n) is 4.89. The molecule has 1 aliphatic heterocycles. The molecule has 14 heavy (non-hydrogen) atoms. The molecule has 0 saturated carbocycles. The van der Waals surface area contributed by atoms with Crippen molar-refractivity contribution in [1.29, 1.82) is 0 Å². The van der Waals surface area contributed by atoms with Crippen molar-refractivity contribution in [3.8, 4) is 0 Å². The Morgan fingerprint density at radius 1 is 1.50 bits per heavy atom. The summed E-state index contributed by atoms with van der Waals surface area (Å²) in [5.41, 5.74) is 5.02. The van der Waals surface area contributed by atoms with Crippen LogP contribution in [0, 0.1) is 0 Å². The predicted octanol–water partition coefficient (Wildman–Crippen LogP) is 0.317. The van der Waals surface area contributed by atoms with Crippen molar-refractivity contribution in [2.45, 2.75) is 38.3 Å². The zero-order valence-electron chi connectivity index (χ0n) is 8.82. The van der Waals surface area contributed by atoms with Crippen molar-refractivity contribution < 1.29 is 13.2 Å². The maximum absolute atomic E-state index is 11.6. The third-order valence-electron chi connectivity index (χ3n) is 2.06. The van der Waals surface area contributed by atoms with Gasteiger partial charge in [-0.05, 0) is 26.7 Å². The lowest BCUT2D eigenvalue weighted by molar-refractivity contribution is 0.127. The van der Waals surface area contributed by atoms with Gasteiger partial charge in [0.2, 0.25) is 0 Å². The summed E-state index contributed by atoms with van der Waals surface area (Å²) in [7, 11) is -3.07. The maximum atomic E-state index is 11.6. The molecular formula is C9H19NO3S. The summed E-state index contributed by atoms with van der Waals surface area (Å²) in [4.78, 5) is 0. The van der Waals surface area contributed by atoms with Crippen LogP contribution in [0.4, 0.5) is 0 Å². The maximum Gasteiger partial charge on any atom is 0.154 e. The van der Waals surface area contributed by atoms with Crippen molar-refractivity contribution in [2.75, 3.05) is 18.1 Å². The van der Waals surface area contributed by atoms with Crippen LogP contribution >= 0.6 is 0 Å². The van der Waals surface area contributed by atoms with Gasteiger partial charge in [-0.15, -0.1) is 0 Å². The van der Waals surface area contributed by atoms with Gasteiger partial charge >= 0.3 is 0 Å². The van der Waals surface area contributed by atoms with Crippen LogP contribution in [0.2, 0.25) is 0 Å². The normalized spacial score (nSPS) is 24.1. The van der Waals surface area contributed by atoms with E-state index in [9.17, 15) is 8.42 Å². The largest absolute Gasteiger partial charge is 0.377 e. The van der Waals surface area contributed by atoms with Crippen LogP contribution in [0.3, 0.4) is 0 Å². The number of hydrogen-bond acceptors (Lipinski definition) is 4. The summed E-state index contributed by atoms with van der Waals surface area (Å²) in [5, 5.41) is 0. The highest BCUT2D eigenvalue weighted by Crippen LogP contribution is 2.15. The summed E-state index contributed by atoms with van der Waals surface area (Å²) in [6.07, 6.45) is 1.71. The molecule has 1 atom stereocenters. The Balaban J connectivity index is 2.49. The molecule has 0 bridgehead atoms. The number of rotatable bonds is 4. The van der Waals surface area contributed by atoms with Crippen molar-refractivity contribution in [1.82, 2.24) is 0 Å². The van der Waals surface area contributed by atoms with E-state index in [4.69, 9.17) is 10.5 Å². The lowest BCUT2D eigenvalue weighted by atomic mass is 10.1. The Bertz CT molecular complexity index is 273. The van der Waals surface area contributed by atoms with Crippen LogP contribution in [0.15, 0.2) is 0 Å². The van der Waals surface area contributed by atoms with Crippen LogP contribution in [0.1, 0.15) is 26.7 Å². The summed E-state index contributed by atoms with van der Waals surface area (Å²) in [6.45, 7) is 4.13. The Labute approximate surface area is 85.7 Å². The fraction of sp³-hybridized carbons (Fsp3) is 1.00. The third kappa shape index (κ3) is 4.39. The van der Waals surface area contributed by atoms with Gasteiger partial charge in [-0.25, -0.2) is 8.42 Å². The molecule has 1 heterocycles. The molecule has 84 valence electrons. The van der Waals surface area contributed by atoms with E-state index in [1.807, 2.05) is 0 Å². The van der Waals surface area contributed by atoms with Crippen LogP contribution in [-0.4, -0.2) is 38.2 Å². The molecule has 2 N–H and O–H groups in total. The fourth-order valence-corrected chi connectivity index (χ4v) is 3.77. The number of nitrogens with two attached hydrogens (primary N) is 1. The zero-order valence-corrected chi connectivity index (χ0v) is 9.64. The van der Waals surface area contributed by atoms with Crippen LogP contribution in [0.5, 0.6) is 0 Å². The molecule has 1 rings (SSSR count). The highest BCUT2D eigenvalue weighted by atomic mass is 32.2. The van der Waals surface area contributed by atoms with Gasteiger partial charge in [-0.1, -0.05) is 0 Å². The van der Waals surface area contributed by atoms with Gasteiger partial charge in [0.25, 0.3) is 0 Å². The molecular weight excluding hydrogens is 202 g/mol. The Kier molecular flexibility index (Phi) is 3.55. The van der Waals surface area contributed by atoms with Crippen molar-refractivity contribution >= 4 is 9.84 Å². The second-order valence-electron chi connectivity index (χ2n) is 4.68. The van der Waals surface area contributed by atoms with Gasteiger partial charge in [0.1, 0.15) is 0 Å². The molecule has 0 aromatic heterocycles. The van der Waals surface area contributed by atoms with Crippen LogP contribution in [-0.2, 0) is 14.6 Å². The monoisotopic (exact) mass is 221 g/mol. The van der Waals surface area contributed by atoms with Gasteiger partial charge < -0.3 is 10.5 Å². The smallest absolute Gasteiger partial charge is 0.154 e. The average Bonchev–Trinajstić information content (AvgIpc) is 2.31. The topological polar surface area (TPSA) is 69.4 Å². The quantitative estimate of drug-likeness (QED) is 0.742. The number of ether oxygens (including phenoxy) is 1. The van der Waals surface area contributed by atoms with Gasteiger partial charge in [0.15, 0.2) is 9.84 Å². The summed E-state index contributed by atoms with van der Waals surface area (Å²) >= 11 is 0. The molecule has 5 heteroatoms. The highest BCUT2D eigenvalue weighted by Gasteiger charge is 2.27. The molecule has 0 radical (unpaired) electrons. The molecule has 1 fully saturated rings. The van der Waals surface area contributed by atoms with Crippen molar-refractivity contribution in [3.63, 3.8) is 0 Å². The van der Waals surface area contributed by atoms with Crippen molar-refractivity contribution in [3.05, 3.63) is 0 Å². The van der Waals surface area contributed by atoms with Gasteiger partial charge in [-0.3, -0.25) is 0 Å². The zero-order chi connectivity index (χ0) is 10.8. The average molecular weight is 221 g/mol. The molecule has 0 aromatic rings. The Morgan fingerprint density at radius 2 is 2.14 bits per heavy atom. The molecule has 0 aromatic carbocycles. The summed E-state index contributed by atoms with van der Waals surface area (Å²) in [6, 6.07) is 0. The molecule has 0 spiro atoms.